The summed E-state index contributed by atoms with van der Waals surface area (Å²) in [5, 5.41) is 5.55. The van der Waals surface area contributed by atoms with Crippen molar-refractivity contribution in [3.05, 3.63) is 80.2 Å². The molecule has 1 amide bonds. The van der Waals surface area contributed by atoms with Gasteiger partial charge in [0.05, 0.1) is 11.7 Å². The maximum Gasteiger partial charge on any atom is 0.263 e. The topological polar surface area (TPSA) is 64.0 Å². The molecule has 1 atom stereocenters. The molecule has 0 radical (unpaired) electrons. The van der Waals surface area contributed by atoms with Crippen LogP contribution in [0.3, 0.4) is 0 Å². The number of carbonyl (C=O) groups is 1. The first-order chi connectivity index (χ1) is 15.2. The van der Waals surface area contributed by atoms with E-state index in [2.05, 4.69) is 23.3 Å². The lowest BCUT2D eigenvalue weighted by molar-refractivity contribution is -0.118. The van der Waals surface area contributed by atoms with E-state index in [0.29, 0.717) is 10.2 Å². The normalized spacial score (nSPS) is 12.2. The molecule has 4 aromatic rings. The van der Waals surface area contributed by atoms with Gasteiger partial charge in [0.25, 0.3) is 5.56 Å². The predicted octanol–water partition coefficient (Wildman–Crippen LogP) is 5.87. The fourth-order valence-electron chi connectivity index (χ4n) is 4.27. The Kier molecular flexibility index (Phi) is 5.73. The number of anilines is 1. The summed E-state index contributed by atoms with van der Waals surface area (Å²) in [6.07, 6.45) is 1.48. The van der Waals surface area contributed by atoms with Gasteiger partial charge < -0.3 is 5.32 Å². The molecule has 6 heteroatoms. The summed E-state index contributed by atoms with van der Waals surface area (Å²) < 4.78 is 1.43. The van der Waals surface area contributed by atoms with Gasteiger partial charge in [-0.1, -0.05) is 41.5 Å². The number of aromatic nitrogens is 2. The van der Waals surface area contributed by atoms with Crippen molar-refractivity contribution in [3.63, 3.8) is 0 Å². The van der Waals surface area contributed by atoms with Crippen molar-refractivity contribution in [1.82, 2.24) is 9.55 Å². The van der Waals surface area contributed by atoms with Crippen molar-refractivity contribution in [1.29, 1.82) is 0 Å². The first-order valence-corrected chi connectivity index (χ1v) is 11.5. The van der Waals surface area contributed by atoms with Crippen molar-refractivity contribution in [3.8, 4) is 11.1 Å². The molecule has 2 heterocycles. The highest BCUT2D eigenvalue weighted by molar-refractivity contribution is 7.17. The number of amides is 1. The number of thiophene rings is 1. The van der Waals surface area contributed by atoms with Crippen LogP contribution in [0, 0.1) is 34.6 Å². The largest absolute Gasteiger partial charge is 0.324 e. The lowest BCUT2D eigenvalue weighted by Crippen LogP contribution is -2.32. The fraction of sp³-hybridized carbons (Fsp3) is 0.269. The molecule has 2 aromatic carbocycles. The van der Waals surface area contributed by atoms with Gasteiger partial charge in [0.2, 0.25) is 5.91 Å². The molecule has 4 rings (SSSR count). The minimum Gasteiger partial charge on any atom is -0.324 e. The van der Waals surface area contributed by atoms with Gasteiger partial charge in [-0.05, 0) is 63.8 Å². The Balaban J connectivity index is 1.74. The van der Waals surface area contributed by atoms with Crippen molar-refractivity contribution in [2.24, 2.45) is 0 Å². The molecule has 0 fully saturated rings. The molecule has 1 N–H and O–H groups in total. The number of aryl methyl sites for hydroxylation is 5. The molecule has 0 aliphatic carbocycles. The molecular formula is C26H27N3O2S. The van der Waals surface area contributed by atoms with E-state index in [0.717, 1.165) is 39.1 Å². The van der Waals surface area contributed by atoms with Crippen LogP contribution in [0.1, 0.15) is 40.8 Å². The molecular weight excluding hydrogens is 418 g/mol. The third-order valence-electron chi connectivity index (χ3n) is 5.91. The van der Waals surface area contributed by atoms with Crippen molar-refractivity contribution < 1.29 is 4.79 Å². The average Bonchev–Trinajstić information content (AvgIpc) is 3.15. The number of nitrogens with one attached hydrogen (secondary N) is 1. The number of rotatable bonds is 4. The van der Waals surface area contributed by atoms with Crippen LogP contribution in [0.25, 0.3) is 21.3 Å². The lowest BCUT2D eigenvalue weighted by Gasteiger charge is -2.18. The number of carbonyl (C=O) groups excluding carboxylic acids is 1. The summed E-state index contributed by atoms with van der Waals surface area (Å²) in [7, 11) is 0. The summed E-state index contributed by atoms with van der Waals surface area (Å²) in [5.41, 5.74) is 7.90. The van der Waals surface area contributed by atoms with E-state index in [1.807, 2.05) is 57.3 Å². The van der Waals surface area contributed by atoms with Gasteiger partial charge in [0.1, 0.15) is 10.9 Å². The molecule has 0 bridgehead atoms. The summed E-state index contributed by atoms with van der Waals surface area (Å²) >= 11 is 1.45. The first kappa shape index (κ1) is 22.0. The highest BCUT2D eigenvalue weighted by Gasteiger charge is 2.22. The van der Waals surface area contributed by atoms with Gasteiger partial charge in [-0.25, -0.2) is 4.98 Å². The number of hydrogen-bond donors (Lipinski definition) is 1. The van der Waals surface area contributed by atoms with Gasteiger partial charge in [-0.2, -0.15) is 0 Å². The zero-order valence-corrected chi connectivity index (χ0v) is 20.1. The maximum atomic E-state index is 13.5. The van der Waals surface area contributed by atoms with Crippen molar-refractivity contribution in [2.45, 2.75) is 47.6 Å². The van der Waals surface area contributed by atoms with Gasteiger partial charge in [-0.3, -0.25) is 14.2 Å². The summed E-state index contributed by atoms with van der Waals surface area (Å²) in [4.78, 5) is 31.7. The standard InChI is InChI=1S/C26H27N3O2S/c1-14-7-8-20(16(3)9-14)21-12-32-25-22(21)26(31)29(13-27-25)19(6)24(30)28-23-17(4)10-15(2)11-18(23)5/h7-13,19H,1-6H3,(H,28,30). The quantitative estimate of drug-likeness (QED) is 0.427. The Morgan fingerprint density at radius 1 is 0.969 bits per heavy atom. The molecule has 0 spiro atoms. The van der Waals surface area contributed by atoms with E-state index in [4.69, 9.17) is 0 Å². The van der Waals surface area contributed by atoms with Crippen molar-refractivity contribution >= 4 is 33.1 Å². The third kappa shape index (κ3) is 3.86. The predicted molar refractivity (Wildman–Crippen MR) is 133 cm³/mol. The monoisotopic (exact) mass is 445 g/mol. The van der Waals surface area contributed by atoms with E-state index in [-0.39, 0.29) is 11.5 Å². The SMILES string of the molecule is Cc1ccc(-c2csc3ncn(C(C)C(=O)Nc4c(C)cc(C)cc4C)c(=O)c23)c(C)c1. The van der Waals surface area contributed by atoms with Crippen LogP contribution in [0.2, 0.25) is 0 Å². The summed E-state index contributed by atoms with van der Waals surface area (Å²) in [6, 6.07) is 9.57. The van der Waals surface area contributed by atoms with E-state index in [1.165, 1.54) is 27.8 Å². The molecule has 5 nitrogen and oxygen atoms in total. The van der Waals surface area contributed by atoms with Crippen LogP contribution in [-0.2, 0) is 4.79 Å². The van der Waals surface area contributed by atoms with Gasteiger partial charge in [0, 0.05) is 16.6 Å². The Hall–Kier alpha value is -3.25. The third-order valence-corrected chi connectivity index (χ3v) is 6.80. The fourth-order valence-corrected chi connectivity index (χ4v) is 5.16. The molecule has 0 aliphatic rings. The van der Waals surface area contributed by atoms with Crippen LogP contribution in [0.4, 0.5) is 5.69 Å². The second-order valence-corrected chi connectivity index (χ2v) is 9.40. The van der Waals surface area contributed by atoms with Crippen LogP contribution in [0.15, 0.2) is 46.8 Å². The molecule has 0 aliphatic heterocycles. The highest BCUT2D eigenvalue weighted by Crippen LogP contribution is 2.33. The Morgan fingerprint density at radius 3 is 2.28 bits per heavy atom. The Morgan fingerprint density at radius 2 is 1.62 bits per heavy atom. The Labute approximate surface area is 191 Å². The highest BCUT2D eigenvalue weighted by atomic mass is 32.1. The van der Waals surface area contributed by atoms with E-state index < -0.39 is 6.04 Å². The van der Waals surface area contributed by atoms with Crippen LogP contribution < -0.4 is 10.9 Å². The molecule has 1 unspecified atom stereocenters. The molecule has 2 aromatic heterocycles. The molecule has 32 heavy (non-hydrogen) atoms. The maximum absolute atomic E-state index is 13.5. The molecule has 0 saturated heterocycles. The van der Waals surface area contributed by atoms with E-state index in [1.54, 1.807) is 6.92 Å². The zero-order chi connectivity index (χ0) is 23.2. The lowest BCUT2D eigenvalue weighted by atomic mass is 9.99. The second-order valence-electron chi connectivity index (χ2n) is 8.54. The minimum absolute atomic E-state index is 0.203. The minimum atomic E-state index is -0.702. The van der Waals surface area contributed by atoms with E-state index in [9.17, 15) is 9.59 Å². The molecule has 0 saturated carbocycles. The summed E-state index contributed by atoms with van der Waals surface area (Å²) in [5.74, 6) is -0.244. The van der Waals surface area contributed by atoms with Crippen LogP contribution in [0.5, 0.6) is 0 Å². The number of fused-ring (bicyclic) bond motifs is 1. The van der Waals surface area contributed by atoms with Gasteiger partial charge >= 0.3 is 0 Å². The van der Waals surface area contributed by atoms with Crippen LogP contribution in [-0.4, -0.2) is 15.5 Å². The summed E-state index contributed by atoms with van der Waals surface area (Å²) in [6.45, 7) is 11.8. The van der Waals surface area contributed by atoms with Crippen LogP contribution >= 0.6 is 11.3 Å². The molecule has 164 valence electrons. The first-order valence-electron chi connectivity index (χ1n) is 10.6. The average molecular weight is 446 g/mol. The van der Waals surface area contributed by atoms with Gasteiger partial charge in [0.15, 0.2) is 0 Å². The smallest absolute Gasteiger partial charge is 0.263 e. The van der Waals surface area contributed by atoms with E-state index >= 15 is 0 Å². The number of benzene rings is 2. The van der Waals surface area contributed by atoms with Gasteiger partial charge in [-0.15, -0.1) is 11.3 Å². The zero-order valence-electron chi connectivity index (χ0n) is 19.2. The second kappa shape index (κ2) is 8.36. The number of hydrogen-bond acceptors (Lipinski definition) is 4. The Bertz CT molecular complexity index is 1390. The van der Waals surface area contributed by atoms with Crippen molar-refractivity contribution in [2.75, 3.05) is 5.32 Å². The number of nitrogens with zero attached hydrogens (tertiary/aromatic N) is 2.